The Morgan fingerprint density at radius 2 is 1.90 bits per heavy atom. The maximum Gasteiger partial charge on any atom is 0.128 e. The highest BCUT2D eigenvalue weighted by atomic mass is 35.5. The fourth-order valence-electron chi connectivity index (χ4n) is 2.57. The summed E-state index contributed by atoms with van der Waals surface area (Å²) in [4.78, 5) is 0. The van der Waals surface area contributed by atoms with E-state index in [1.54, 1.807) is 7.11 Å². The van der Waals surface area contributed by atoms with Gasteiger partial charge in [0.05, 0.1) is 12.6 Å². The largest absolute Gasteiger partial charge is 0.496 e. The number of fused-ring (bicyclic) bond motifs is 1. The van der Waals surface area contributed by atoms with Gasteiger partial charge < -0.3 is 9.30 Å². The maximum atomic E-state index is 6.27. The van der Waals surface area contributed by atoms with Gasteiger partial charge in [0.25, 0.3) is 0 Å². The van der Waals surface area contributed by atoms with Gasteiger partial charge in [0, 0.05) is 22.6 Å². The Kier molecular flexibility index (Phi) is 3.41. The van der Waals surface area contributed by atoms with Crippen LogP contribution in [0.1, 0.15) is 11.3 Å². The molecule has 3 rings (SSSR count). The van der Waals surface area contributed by atoms with E-state index in [0.717, 1.165) is 28.3 Å². The van der Waals surface area contributed by atoms with Gasteiger partial charge in [-0.15, -0.1) is 0 Å². The molecule has 0 unspecified atom stereocenters. The quantitative estimate of drug-likeness (QED) is 0.683. The number of benzene rings is 2. The summed E-state index contributed by atoms with van der Waals surface area (Å²) in [5.41, 5.74) is 3.49. The Morgan fingerprint density at radius 3 is 2.65 bits per heavy atom. The van der Waals surface area contributed by atoms with Crippen LogP contribution in [0.3, 0.4) is 0 Å². The van der Waals surface area contributed by atoms with Gasteiger partial charge in [0.1, 0.15) is 5.75 Å². The molecular formula is C17H16ClNO. The normalized spacial score (nSPS) is 10.9. The number of hydrogen-bond donors (Lipinski definition) is 0. The second kappa shape index (κ2) is 5.22. The summed E-state index contributed by atoms with van der Waals surface area (Å²) >= 11 is 6.27. The standard InChI is InChI=1S/C17H16ClNO/c1-12-10-14-16(8-5-9-17(14)20-2)19(12)11-13-6-3-4-7-15(13)18/h3-10H,11H2,1-2H3. The topological polar surface area (TPSA) is 14.2 Å². The number of aromatic nitrogens is 1. The summed E-state index contributed by atoms with van der Waals surface area (Å²) in [5.74, 6) is 0.906. The molecule has 2 aromatic carbocycles. The van der Waals surface area contributed by atoms with Gasteiger partial charge in [0.2, 0.25) is 0 Å². The molecule has 0 amide bonds. The average Bonchev–Trinajstić information content (AvgIpc) is 2.77. The number of rotatable bonds is 3. The third kappa shape index (κ3) is 2.16. The van der Waals surface area contributed by atoms with Crippen LogP contribution in [0.4, 0.5) is 0 Å². The van der Waals surface area contributed by atoms with E-state index >= 15 is 0 Å². The van der Waals surface area contributed by atoms with E-state index in [1.165, 1.54) is 11.2 Å². The predicted octanol–water partition coefficient (Wildman–Crippen LogP) is 4.66. The Labute approximate surface area is 123 Å². The van der Waals surface area contributed by atoms with Gasteiger partial charge in [0.15, 0.2) is 0 Å². The molecule has 0 atom stereocenters. The van der Waals surface area contributed by atoms with Gasteiger partial charge in [-0.25, -0.2) is 0 Å². The molecule has 0 bridgehead atoms. The van der Waals surface area contributed by atoms with Crippen LogP contribution in [0, 0.1) is 6.92 Å². The average molecular weight is 286 g/mol. The second-order valence-corrected chi connectivity index (χ2v) is 5.26. The lowest BCUT2D eigenvalue weighted by Crippen LogP contribution is -2.01. The molecule has 0 aliphatic heterocycles. The van der Waals surface area contributed by atoms with Crippen molar-refractivity contribution in [3.05, 3.63) is 64.8 Å². The zero-order chi connectivity index (χ0) is 14.1. The molecule has 0 radical (unpaired) electrons. The van der Waals surface area contributed by atoms with Crippen molar-refractivity contribution in [1.82, 2.24) is 4.57 Å². The Morgan fingerprint density at radius 1 is 1.10 bits per heavy atom. The molecule has 2 nitrogen and oxygen atoms in total. The van der Waals surface area contributed by atoms with Crippen molar-refractivity contribution in [2.45, 2.75) is 13.5 Å². The Bertz CT molecular complexity index is 761. The van der Waals surface area contributed by atoms with Crippen molar-refractivity contribution >= 4 is 22.5 Å². The van der Waals surface area contributed by atoms with Crippen LogP contribution in [0.15, 0.2) is 48.5 Å². The summed E-state index contributed by atoms with van der Waals surface area (Å²) in [6, 6.07) is 16.2. The first-order valence-electron chi connectivity index (χ1n) is 6.57. The van der Waals surface area contributed by atoms with Crippen LogP contribution in [0.25, 0.3) is 10.9 Å². The minimum absolute atomic E-state index is 0.766. The van der Waals surface area contributed by atoms with E-state index in [9.17, 15) is 0 Å². The summed E-state index contributed by atoms with van der Waals surface area (Å²) < 4.78 is 7.69. The van der Waals surface area contributed by atoms with Gasteiger partial charge in [-0.1, -0.05) is 35.9 Å². The minimum atomic E-state index is 0.766. The van der Waals surface area contributed by atoms with Crippen LogP contribution < -0.4 is 4.74 Å². The van der Waals surface area contributed by atoms with E-state index < -0.39 is 0 Å². The first-order valence-corrected chi connectivity index (χ1v) is 6.95. The van der Waals surface area contributed by atoms with Gasteiger partial charge in [-0.3, -0.25) is 0 Å². The summed E-state index contributed by atoms with van der Waals surface area (Å²) in [6.45, 7) is 2.87. The third-order valence-electron chi connectivity index (χ3n) is 3.62. The number of methoxy groups -OCH3 is 1. The van der Waals surface area contributed by atoms with Crippen molar-refractivity contribution < 1.29 is 4.74 Å². The molecule has 20 heavy (non-hydrogen) atoms. The van der Waals surface area contributed by atoms with Gasteiger partial charge in [-0.2, -0.15) is 0 Å². The third-order valence-corrected chi connectivity index (χ3v) is 3.99. The van der Waals surface area contributed by atoms with E-state index in [-0.39, 0.29) is 0 Å². The molecule has 0 N–H and O–H groups in total. The lowest BCUT2D eigenvalue weighted by Gasteiger charge is -2.10. The van der Waals surface area contributed by atoms with Crippen LogP contribution in [0.5, 0.6) is 5.75 Å². The lowest BCUT2D eigenvalue weighted by molar-refractivity contribution is 0.420. The SMILES string of the molecule is COc1cccc2c1cc(C)n2Cc1ccccc1Cl. The highest BCUT2D eigenvalue weighted by Crippen LogP contribution is 2.29. The molecule has 0 saturated carbocycles. The van der Waals surface area contributed by atoms with Gasteiger partial charge in [-0.05, 0) is 36.8 Å². The fraction of sp³-hybridized carbons (Fsp3) is 0.176. The number of nitrogens with zero attached hydrogens (tertiary/aromatic N) is 1. The number of hydrogen-bond acceptors (Lipinski definition) is 1. The molecule has 1 aromatic heterocycles. The van der Waals surface area contributed by atoms with Gasteiger partial charge >= 0.3 is 0 Å². The zero-order valence-electron chi connectivity index (χ0n) is 11.6. The van der Waals surface area contributed by atoms with Crippen LogP contribution in [-0.2, 0) is 6.54 Å². The molecule has 0 saturated heterocycles. The molecule has 0 aliphatic carbocycles. The minimum Gasteiger partial charge on any atom is -0.496 e. The predicted molar refractivity (Wildman–Crippen MR) is 83.8 cm³/mol. The van der Waals surface area contributed by atoms with Crippen molar-refractivity contribution in [3.63, 3.8) is 0 Å². The van der Waals surface area contributed by atoms with Crippen LogP contribution in [-0.4, -0.2) is 11.7 Å². The second-order valence-electron chi connectivity index (χ2n) is 4.86. The van der Waals surface area contributed by atoms with Crippen molar-refractivity contribution in [1.29, 1.82) is 0 Å². The highest BCUT2D eigenvalue weighted by molar-refractivity contribution is 6.31. The van der Waals surface area contributed by atoms with Crippen molar-refractivity contribution in [3.8, 4) is 5.75 Å². The number of aryl methyl sites for hydroxylation is 1. The first-order chi connectivity index (χ1) is 9.70. The number of halogens is 1. The Balaban J connectivity index is 2.13. The first kappa shape index (κ1) is 13.1. The van der Waals surface area contributed by atoms with Crippen molar-refractivity contribution in [2.24, 2.45) is 0 Å². The van der Waals surface area contributed by atoms with Crippen LogP contribution in [0.2, 0.25) is 5.02 Å². The molecular weight excluding hydrogens is 270 g/mol. The molecule has 3 aromatic rings. The lowest BCUT2D eigenvalue weighted by atomic mass is 10.2. The summed E-state index contributed by atoms with van der Waals surface area (Å²) in [6.07, 6.45) is 0. The number of ether oxygens (including phenoxy) is 1. The smallest absolute Gasteiger partial charge is 0.128 e. The molecule has 1 heterocycles. The van der Waals surface area contributed by atoms with E-state index in [4.69, 9.17) is 16.3 Å². The summed E-state index contributed by atoms with van der Waals surface area (Å²) in [7, 11) is 1.70. The summed E-state index contributed by atoms with van der Waals surface area (Å²) in [5, 5.41) is 1.94. The molecule has 0 aliphatic rings. The Hall–Kier alpha value is -1.93. The monoisotopic (exact) mass is 285 g/mol. The fourth-order valence-corrected chi connectivity index (χ4v) is 2.77. The van der Waals surface area contributed by atoms with E-state index in [2.05, 4.69) is 29.7 Å². The van der Waals surface area contributed by atoms with Crippen LogP contribution >= 0.6 is 11.6 Å². The molecule has 102 valence electrons. The highest BCUT2D eigenvalue weighted by Gasteiger charge is 2.10. The van der Waals surface area contributed by atoms with E-state index in [0.29, 0.717) is 0 Å². The zero-order valence-corrected chi connectivity index (χ0v) is 12.3. The van der Waals surface area contributed by atoms with E-state index in [1.807, 2.05) is 30.3 Å². The molecule has 0 spiro atoms. The molecule has 0 fully saturated rings. The molecule has 3 heteroatoms. The van der Waals surface area contributed by atoms with Crippen molar-refractivity contribution in [2.75, 3.05) is 7.11 Å². The maximum absolute atomic E-state index is 6.27.